The summed E-state index contributed by atoms with van der Waals surface area (Å²) in [4.78, 5) is 20.2. The number of nitriles is 1. The summed E-state index contributed by atoms with van der Waals surface area (Å²) in [6, 6.07) is 13.6. The van der Waals surface area contributed by atoms with Crippen LogP contribution in [-0.2, 0) is 6.54 Å². The molecule has 0 atom stereocenters. The van der Waals surface area contributed by atoms with E-state index in [2.05, 4.69) is 6.07 Å². The lowest BCUT2D eigenvalue weighted by molar-refractivity contribution is 0.635. The first-order valence-corrected chi connectivity index (χ1v) is 10.4. The second kappa shape index (κ2) is 7.10. The van der Waals surface area contributed by atoms with E-state index in [0.29, 0.717) is 17.5 Å². The van der Waals surface area contributed by atoms with Crippen LogP contribution in [0.3, 0.4) is 0 Å². The fraction of sp³-hybridized carbons (Fsp3) is 0.190. The molecular formula is C21H17N3OS2. The molecule has 4 rings (SSSR count). The van der Waals surface area contributed by atoms with Crippen LogP contribution in [0.2, 0.25) is 0 Å². The van der Waals surface area contributed by atoms with Gasteiger partial charge in [-0.3, -0.25) is 9.36 Å². The largest absolute Gasteiger partial charge is 0.291 e. The molecule has 0 aliphatic carbocycles. The zero-order valence-corrected chi connectivity index (χ0v) is 16.6. The van der Waals surface area contributed by atoms with Crippen molar-refractivity contribution in [2.75, 3.05) is 0 Å². The zero-order chi connectivity index (χ0) is 19.0. The second-order valence-corrected chi connectivity index (χ2v) is 8.44. The third kappa shape index (κ3) is 3.20. The zero-order valence-electron chi connectivity index (χ0n) is 15.0. The molecule has 0 bridgehead atoms. The summed E-state index contributed by atoms with van der Waals surface area (Å²) in [5.41, 5.74) is 2.45. The van der Waals surface area contributed by atoms with Crippen LogP contribution < -0.4 is 5.56 Å². The van der Waals surface area contributed by atoms with Gasteiger partial charge in [0, 0.05) is 21.7 Å². The Labute approximate surface area is 165 Å². The summed E-state index contributed by atoms with van der Waals surface area (Å²) in [6.07, 6.45) is 0. The highest BCUT2D eigenvalue weighted by atomic mass is 32.1. The van der Waals surface area contributed by atoms with Crippen LogP contribution in [-0.4, -0.2) is 9.55 Å². The third-order valence-electron chi connectivity index (χ3n) is 4.42. The molecule has 0 aliphatic rings. The van der Waals surface area contributed by atoms with Crippen LogP contribution >= 0.6 is 22.7 Å². The van der Waals surface area contributed by atoms with Gasteiger partial charge in [-0.1, -0.05) is 32.0 Å². The minimum Gasteiger partial charge on any atom is -0.291 e. The van der Waals surface area contributed by atoms with Crippen molar-refractivity contribution in [3.63, 3.8) is 0 Å². The van der Waals surface area contributed by atoms with Crippen molar-refractivity contribution in [2.24, 2.45) is 0 Å². The van der Waals surface area contributed by atoms with E-state index in [1.807, 2.05) is 54.9 Å². The molecule has 0 aliphatic heterocycles. The molecule has 0 saturated carbocycles. The van der Waals surface area contributed by atoms with E-state index in [1.54, 1.807) is 22.0 Å². The van der Waals surface area contributed by atoms with Crippen molar-refractivity contribution in [3.05, 3.63) is 74.5 Å². The van der Waals surface area contributed by atoms with Crippen LogP contribution in [0.5, 0.6) is 0 Å². The third-order valence-corrected chi connectivity index (χ3v) is 6.20. The molecule has 0 amide bonds. The van der Waals surface area contributed by atoms with E-state index in [9.17, 15) is 4.79 Å². The molecule has 0 radical (unpaired) electrons. The molecule has 4 nitrogen and oxygen atoms in total. The van der Waals surface area contributed by atoms with Crippen molar-refractivity contribution in [2.45, 2.75) is 26.3 Å². The maximum absolute atomic E-state index is 13.5. The molecule has 0 fully saturated rings. The van der Waals surface area contributed by atoms with Crippen molar-refractivity contribution in [1.82, 2.24) is 9.55 Å². The Bertz CT molecular complexity index is 1210. The molecule has 4 aromatic rings. The molecule has 3 aromatic heterocycles. The molecular weight excluding hydrogens is 374 g/mol. The summed E-state index contributed by atoms with van der Waals surface area (Å²) >= 11 is 3.14. The smallest absolute Gasteiger partial charge is 0.263 e. The number of rotatable bonds is 4. The maximum Gasteiger partial charge on any atom is 0.263 e. The van der Waals surface area contributed by atoms with Crippen LogP contribution in [0.15, 0.2) is 52.0 Å². The van der Waals surface area contributed by atoms with Crippen LogP contribution in [0.4, 0.5) is 0 Å². The summed E-state index contributed by atoms with van der Waals surface area (Å²) < 4.78 is 1.76. The fourth-order valence-corrected chi connectivity index (χ4v) is 4.93. The highest BCUT2D eigenvalue weighted by molar-refractivity contribution is 7.18. The van der Waals surface area contributed by atoms with E-state index >= 15 is 0 Å². The Kier molecular flexibility index (Phi) is 4.65. The van der Waals surface area contributed by atoms with Gasteiger partial charge in [0.25, 0.3) is 5.56 Å². The number of benzene rings is 1. The van der Waals surface area contributed by atoms with E-state index < -0.39 is 0 Å². The Balaban J connectivity index is 1.93. The van der Waals surface area contributed by atoms with Crippen molar-refractivity contribution in [1.29, 1.82) is 5.26 Å². The normalized spacial score (nSPS) is 11.2. The standard InChI is InChI=1S/C21H17N3OS2/c1-13(2)19-23-20-18(16(12-27-20)17-7-4-8-26-17)21(25)24(19)11-15-6-3-5-14(9-15)10-22/h3-9,12-13H,11H2,1-2H3. The number of hydrogen-bond acceptors (Lipinski definition) is 5. The van der Waals surface area contributed by atoms with E-state index in [4.69, 9.17) is 10.2 Å². The Morgan fingerprint density at radius 2 is 2.07 bits per heavy atom. The SMILES string of the molecule is CC(C)c1nc2scc(-c3cccs3)c2c(=O)n1Cc1cccc(C#N)c1. The molecule has 1 aromatic carbocycles. The first-order valence-electron chi connectivity index (χ1n) is 8.63. The van der Waals surface area contributed by atoms with Gasteiger partial charge in [0.1, 0.15) is 10.7 Å². The highest BCUT2D eigenvalue weighted by Gasteiger charge is 2.19. The lowest BCUT2D eigenvalue weighted by atomic mass is 10.1. The van der Waals surface area contributed by atoms with Crippen molar-refractivity contribution in [3.8, 4) is 16.5 Å². The van der Waals surface area contributed by atoms with Crippen LogP contribution in [0, 0.1) is 11.3 Å². The van der Waals surface area contributed by atoms with Gasteiger partial charge in [0.15, 0.2) is 0 Å². The summed E-state index contributed by atoms with van der Waals surface area (Å²) in [7, 11) is 0. The lowest BCUT2D eigenvalue weighted by Crippen LogP contribution is -2.26. The second-order valence-electron chi connectivity index (χ2n) is 6.64. The predicted molar refractivity (Wildman–Crippen MR) is 112 cm³/mol. The van der Waals surface area contributed by atoms with E-state index in [-0.39, 0.29) is 11.5 Å². The van der Waals surface area contributed by atoms with Gasteiger partial charge in [0.05, 0.1) is 23.6 Å². The maximum atomic E-state index is 13.5. The summed E-state index contributed by atoms with van der Waals surface area (Å²) in [6.45, 7) is 4.50. The number of aromatic nitrogens is 2. The van der Waals surface area contributed by atoms with Gasteiger partial charge in [-0.15, -0.1) is 22.7 Å². The molecule has 6 heteroatoms. The van der Waals surface area contributed by atoms with Gasteiger partial charge >= 0.3 is 0 Å². The van der Waals surface area contributed by atoms with E-state index in [0.717, 1.165) is 26.7 Å². The quantitative estimate of drug-likeness (QED) is 0.479. The molecule has 0 N–H and O–H groups in total. The lowest BCUT2D eigenvalue weighted by Gasteiger charge is -2.15. The number of fused-ring (bicyclic) bond motifs is 1. The number of thiophene rings is 2. The first-order chi connectivity index (χ1) is 13.1. The van der Waals surface area contributed by atoms with Gasteiger partial charge in [-0.25, -0.2) is 4.98 Å². The number of hydrogen-bond donors (Lipinski definition) is 0. The van der Waals surface area contributed by atoms with Crippen molar-refractivity contribution < 1.29 is 0 Å². The van der Waals surface area contributed by atoms with Crippen LogP contribution in [0.25, 0.3) is 20.7 Å². The minimum atomic E-state index is -0.0179. The Morgan fingerprint density at radius 1 is 1.22 bits per heavy atom. The molecule has 0 saturated heterocycles. The molecule has 3 heterocycles. The average Bonchev–Trinajstić information content (AvgIpc) is 3.33. The minimum absolute atomic E-state index is 0.0179. The summed E-state index contributed by atoms with van der Waals surface area (Å²) in [5.74, 6) is 0.892. The average molecular weight is 392 g/mol. The van der Waals surface area contributed by atoms with Gasteiger partial charge in [0.2, 0.25) is 0 Å². The molecule has 0 unspecified atom stereocenters. The Morgan fingerprint density at radius 3 is 2.78 bits per heavy atom. The topological polar surface area (TPSA) is 58.7 Å². The van der Waals surface area contributed by atoms with Crippen molar-refractivity contribution >= 4 is 32.9 Å². The predicted octanol–water partition coefficient (Wildman–Crippen LogP) is 5.23. The van der Waals surface area contributed by atoms with Gasteiger partial charge in [-0.05, 0) is 29.1 Å². The molecule has 0 spiro atoms. The fourth-order valence-electron chi connectivity index (χ4n) is 3.17. The summed E-state index contributed by atoms with van der Waals surface area (Å²) in [5, 5.41) is 13.9. The van der Waals surface area contributed by atoms with E-state index in [1.165, 1.54) is 11.3 Å². The molecule has 134 valence electrons. The highest BCUT2D eigenvalue weighted by Crippen LogP contribution is 2.34. The van der Waals surface area contributed by atoms with Gasteiger partial charge in [-0.2, -0.15) is 5.26 Å². The van der Waals surface area contributed by atoms with Gasteiger partial charge < -0.3 is 0 Å². The molecule has 27 heavy (non-hydrogen) atoms. The first kappa shape index (κ1) is 17.7. The number of nitrogens with zero attached hydrogens (tertiary/aromatic N) is 3. The Hall–Kier alpha value is -2.75. The van der Waals surface area contributed by atoms with Crippen LogP contribution in [0.1, 0.15) is 36.7 Å². The monoisotopic (exact) mass is 391 g/mol.